The smallest absolute Gasteiger partial charge is 0.237 e. The zero-order valence-electron chi connectivity index (χ0n) is 17.9. The van der Waals surface area contributed by atoms with Crippen molar-refractivity contribution in [2.45, 2.75) is 56.8 Å². The van der Waals surface area contributed by atoms with Crippen LogP contribution >= 0.6 is 11.8 Å². The number of carbonyl (C=O) groups excluding carboxylic acids is 1. The standard InChI is InChI=1S/C24H28N4O2S/c1-3-15-27-23(21-14-16-30-18(21)2)25-26-24(27)31-17-22(29)28(19-10-6-4-7-11-19)20-12-8-5-9-13-20/h3-4,6-7,10-11,14,16,20H,1,5,8-9,12-13,15,17H2,2H3. The average molecular weight is 437 g/mol. The lowest BCUT2D eigenvalue weighted by Gasteiger charge is -2.34. The summed E-state index contributed by atoms with van der Waals surface area (Å²) in [7, 11) is 0. The molecule has 0 spiro atoms. The summed E-state index contributed by atoms with van der Waals surface area (Å²) in [4.78, 5) is 15.4. The van der Waals surface area contributed by atoms with Crippen LogP contribution in [0.1, 0.15) is 37.9 Å². The quantitative estimate of drug-likeness (QED) is 0.345. The molecule has 2 aromatic heterocycles. The number of hydrogen-bond donors (Lipinski definition) is 0. The Bertz CT molecular complexity index is 1020. The van der Waals surface area contributed by atoms with Gasteiger partial charge in [0.1, 0.15) is 5.76 Å². The Morgan fingerprint density at radius 1 is 1.23 bits per heavy atom. The Morgan fingerprint density at radius 2 is 2.00 bits per heavy atom. The Hall–Kier alpha value is -2.80. The fraction of sp³-hybridized carbons (Fsp3) is 0.375. The van der Waals surface area contributed by atoms with Gasteiger partial charge in [-0.3, -0.25) is 9.36 Å². The van der Waals surface area contributed by atoms with Crippen molar-refractivity contribution in [3.63, 3.8) is 0 Å². The number of anilines is 1. The van der Waals surface area contributed by atoms with Crippen molar-refractivity contribution in [3.8, 4) is 11.4 Å². The van der Waals surface area contributed by atoms with Crippen LogP contribution in [0.4, 0.5) is 5.69 Å². The Kier molecular flexibility index (Phi) is 6.92. The van der Waals surface area contributed by atoms with Gasteiger partial charge < -0.3 is 9.32 Å². The van der Waals surface area contributed by atoms with Crippen molar-refractivity contribution in [1.29, 1.82) is 0 Å². The van der Waals surface area contributed by atoms with E-state index in [1.165, 1.54) is 31.0 Å². The van der Waals surface area contributed by atoms with Crippen LogP contribution < -0.4 is 4.90 Å². The van der Waals surface area contributed by atoms with Gasteiger partial charge in [-0.05, 0) is 38.0 Å². The van der Waals surface area contributed by atoms with Crippen LogP contribution in [0.5, 0.6) is 0 Å². The van der Waals surface area contributed by atoms with Gasteiger partial charge in [0, 0.05) is 18.3 Å². The predicted octanol–water partition coefficient (Wildman–Crippen LogP) is 5.49. The SMILES string of the molecule is C=CCn1c(SCC(=O)N(c2ccccc2)C2CCCCC2)nnc1-c1ccoc1C. The molecular formula is C24H28N4O2S. The molecule has 1 fully saturated rings. The fourth-order valence-electron chi connectivity index (χ4n) is 4.19. The summed E-state index contributed by atoms with van der Waals surface area (Å²) in [5.74, 6) is 1.94. The molecule has 162 valence electrons. The highest BCUT2D eigenvalue weighted by atomic mass is 32.2. The average Bonchev–Trinajstić information content (AvgIpc) is 3.40. The van der Waals surface area contributed by atoms with Crippen LogP contribution in [-0.2, 0) is 11.3 Å². The van der Waals surface area contributed by atoms with Gasteiger partial charge in [-0.2, -0.15) is 0 Å². The second-order valence-corrected chi connectivity index (χ2v) is 8.72. The first kappa shape index (κ1) is 21.4. The largest absolute Gasteiger partial charge is 0.469 e. The predicted molar refractivity (Wildman–Crippen MR) is 124 cm³/mol. The summed E-state index contributed by atoms with van der Waals surface area (Å²) in [6.45, 7) is 6.33. The molecule has 1 aliphatic carbocycles. The molecule has 31 heavy (non-hydrogen) atoms. The summed E-state index contributed by atoms with van der Waals surface area (Å²) in [5.41, 5.74) is 1.88. The minimum atomic E-state index is 0.109. The molecule has 3 aromatic rings. The highest BCUT2D eigenvalue weighted by molar-refractivity contribution is 7.99. The number of carbonyl (C=O) groups is 1. The number of para-hydroxylation sites is 1. The number of benzene rings is 1. The monoisotopic (exact) mass is 436 g/mol. The number of furan rings is 1. The van der Waals surface area contributed by atoms with E-state index in [1.807, 2.05) is 58.9 Å². The van der Waals surface area contributed by atoms with Gasteiger partial charge in [-0.1, -0.05) is 55.3 Å². The van der Waals surface area contributed by atoms with E-state index in [-0.39, 0.29) is 11.9 Å². The first-order valence-electron chi connectivity index (χ1n) is 10.8. The highest BCUT2D eigenvalue weighted by Crippen LogP contribution is 2.30. The van der Waals surface area contributed by atoms with Crippen LogP contribution in [0, 0.1) is 6.92 Å². The minimum Gasteiger partial charge on any atom is -0.469 e. The van der Waals surface area contributed by atoms with Crippen LogP contribution in [0.15, 0.2) is 64.9 Å². The fourth-order valence-corrected chi connectivity index (χ4v) is 4.99. The van der Waals surface area contributed by atoms with Crippen molar-refractivity contribution in [3.05, 3.63) is 61.1 Å². The number of rotatable bonds is 8. The lowest BCUT2D eigenvalue weighted by Crippen LogP contribution is -2.42. The zero-order chi connectivity index (χ0) is 21.6. The number of nitrogens with zero attached hydrogens (tertiary/aromatic N) is 4. The summed E-state index contributed by atoms with van der Waals surface area (Å²) in [6.07, 6.45) is 9.18. The highest BCUT2D eigenvalue weighted by Gasteiger charge is 2.27. The molecule has 2 heterocycles. The topological polar surface area (TPSA) is 64.2 Å². The maximum Gasteiger partial charge on any atom is 0.237 e. The normalized spacial score (nSPS) is 14.5. The van der Waals surface area contributed by atoms with Crippen molar-refractivity contribution in [2.24, 2.45) is 0 Å². The molecule has 1 aromatic carbocycles. The Labute approximate surface area is 187 Å². The molecule has 0 saturated heterocycles. The van der Waals surface area contributed by atoms with Crippen molar-refractivity contribution in [2.75, 3.05) is 10.7 Å². The van der Waals surface area contributed by atoms with E-state index in [9.17, 15) is 4.79 Å². The van der Waals surface area contributed by atoms with E-state index in [1.54, 1.807) is 6.26 Å². The molecule has 4 rings (SSSR count). The molecule has 1 amide bonds. The van der Waals surface area contributed by atoms with Gasteiger partial charge in [0.15, 0.2) is 11.0 Å². The third-order valence-corrected chi connectivity index (χ3v) is 6.65. The third kappa shape index (κ3) is 4.77. The maximum atomic E-state index is 13.4. The molecule has 0 atom stereocenters. The molecule has 0 N–H and O–H groups in total. The van der Waals surface area contributed by atoms with E-state index in [0.29, 0.717) is 17.5 Å². The number of aromatic nitrogens is 3. The molecule has 0 aliphatic heterocycles. The molecule has 6 nitrogen and oxygen atoms in total. The third-order valence-electron chi connectivity index (χ3n) is 5.70. The number of thioether (sulfide) groups is 1. The molecule has 0 bridgehead atoms. The number of allylic oxidation sites excluding steroid dienone is 1. The summed E-state index contributed by atoms with van der Waals surface area (Å²) >= 11 is 1.43. The van der Waals surface area contributed by atoms with Crippen molar-refractivity contribution < 1.29 is 9.21 Å². The van der Waals surface area contributed by atoms with Crippen molar-refractivity contribution >= 4 is 23.4 Å². The minimum absolute atomic E-state index is 0.109. The number of aryl methyl sites for hydroxylation is 1. The van der Waals surface area contributed by atoms with Crippen LogP contribution in [0.2, 0.25) is 0 Å². The second-order valence-electron chi connectivity index (χ2n) is 7.78. The molecule has 0 unspecified atom stereocenters. The summed E-state index contributed by atoms with van der Waals surface area (Å²) in [6, 6.07) is 12.2. The first-order chi connectivity index (χ1) is 15.2. The van der Waals surface area contributed by atoms with E-state index < -0.39 is 0 Å². The maximum absolute atomic E-state index is 13.4. The van der Waals surface area contributed by atoms with Gasteiger partial charge in [0.25, 0.3) is 0 Å². The van der Waals surface area contributed by atoms with Gasteiger partial charge in [0.2, 0.25) is 5.91 Å². The van der Waals surface area contributed by atoms with E-state index in [4.69, 9.17) is 4.42 Å². The zero-order valence-corrected chi connectivity index (χ0v) is 18.7. The van der Waals surface area contributed by atoms with Crippen LogP contribution in [-0.4, -0.2) is 32.5 Å². The Balaban J connectivity index is 1.54. The molecule has 1 aliphatic rings. The van der Waals surface area contributed by atoms with Gasteiger partial charge in [0.05, 0.1) is 17.6 Å². The molecular weight excluding hydrogens is 408 g/mol. The summed E-state index contributed by atoms with van der Waals surface area (Å²) in [5, 5.41) is 9.44. The van der Waals surface area contributed by atoms with E-state index in [2.05, 4.69) is 16.8 Å². The van der Waals surface area contributed by atoms with Crippen molar-refractivity contribution in [1.82, 2.24) is 14.8 Å². The Morgan fingerprint density at radius 3 is 2.68 bits per heavy atom. The summed E-state index contributed by atoms with van der Waals surface area (Å²) < 4.78 is 7.41. The van der Waals surface area contributed by atoms with E-state index >= 15 is 0 Å². The van der Waals surface area contributed by atoms with Crippen LogP contribution in [0.3, 0.4) is 0 Å². The molecule has 1 saturated carbocycles. The second kappa shape index (κ2) is 10.0. The van der Waals surface area contributed by atoms with Gasteiger partial charge >= 0.3 is 0 Å². The molecule has 0 radical (unpaired) electrons. The van der Waals surface area contributed by atoms with E-state index in [0.717, 1.165) is 35.7 Å². The first-order valence-corrected chi connectivity index (χ1v) is 11.8. The van der Waals surface area contributed by atoms with Gasteiger partial charge in [-0.25, -0.2) is 0 Å². The lowest BCUT2D eigenvalue weighted by molar-refractivity contribution is -0.116. The van der Waals surface area contributed by atoms with Gasteiger partial charge in [-0.15, -0.1) is 16.8 Å². The number of hydrogen-bond acceptors (Lipinski definition) is 5. The molecule has 7 heteroatoms. The lowest BCUT2D eigenvalue weighted by atomic mass is 9.93. The number of amides is 1. The van der Waals surface area contributed by atoms with Crippen LogP contribution in [0.25, 0.3) is 11.4 Å².